The molecule has 1 aromatic heterocycles. The summed E-state index contributed by atoms with van der Waals surface area (Å²) in [6.07, 6.45) is 1.95. The lowest BCUT2D eigenvalue weighted by molar-refractivity contribution is -0.117. The molecule has 3 rings (SSSR count). The quantitative estimate of drug-likeness (QED) is 0.901. The van der Waals surface area contributed by atoms with Crippen molar-refractivity contribution in [1.29, 1.82) is 0 Å². The van der Waals surface area contributed by atoms with E-state index in [1.807, 2.05) is 13.1 Å². The van der Waals surface area contributed by atoms with Crippen molar-refractivity contribution in [2.75, 3.05) is 38.0 Å². The van der Waals surface area contributed by atoms with E-state index in [1.54, 1.807) is 23.5 Å². The van der Waals surface area contributed by atoms with Crippen LogP contribution in [0, 0.1) is 12.7 Å². The van der Waals surface area contributed by atoms with Crippen molar-refractivity contribution in [3.8, 4) is 0 Å². The third-order valence-electron chi connectivity index (χ3n) is 4.01. The molecule has 2 aromatic rings. The molecule has 0 aliphatic carbocycles. The first-order valence-corrected chi connectivity index (χ1v) is 8.81. The van der Waals surface area contributed by atoms with Gasteiger partial charge in [0.15, 0.2) is 0 Å². The van der Waals surface area contributed by atoms with Gasteiger partial charge in [0.25, 0.3) is 0 Å². The SMILES string of the molecule is Cc1ncc(CN2CCN(CC(=O)Nc3ccc(F)cc3)CC2)s1. The van der Waals surface area contributed by atoms with E-state index in [0.29, 0.717) is 12.2 Å². The number of aromatic nitrogens is 1. The molecule has 0 unspecified atom stereocenters. The molecular formula is C17H21FN4OS. The van der Waals surface area contributed by atoms with Crippen LogP contribution < -0.4 is 5.32 Å². The van der Waals surface area contributed by atoms with Gasteiger partial charge in [-0.15, -0.1) is 11.3 Å². The van der Waals surface area contributed by atoms with Gasteiger partial charge in [0.05, 0.1) is 11.6 Å². The minimum atomic E-state index is -0.305. The predicted molar refractivity (Wildman–Crippen MR) is 93.6 cm³/mol. The highest BCUT2D eigenvalue weighted by Gasteiger charge is 2.19. The third-order valence-corrected chi connectivity index (χ3v) is 4.91. The number of carbonyl (C=O) groups excluding carboxylic acids is 1. The number of halogens is 1. The van der Waals surface area contributed by atoms with Crippen LogP contribution in [0.2, 0.25) is 0 Å². The molecule has 0 saturated carbocycles. The van der Waals surface area contributed by atoms with Gasteiger partial charge in [0, 0.05) is 49.5 Å². The summed E-state index contributed by atoms with van der Waals surface area (Å²) in [7, 11) is 0. The lowest BCUT2D eigenvalue weighted by atomic mass is 10.3. The van der Waals surface area contributed by atoms with Crippen molar-refractivity contribution in [2.24, 2.45) is 0 Å². The van der Waals surface area contributed by atoms with Gasteiger partial charge >= 0.3 is 0 Å². The summed E-state index contributed by atoms with van der Waals surface area (Å²) in [6, 6.07) is 5.83. The van der Waals surface area contributed by atoms with Gasteiger partial charge in [-0.25, -0.2) is 9.37 Å². The van der Waals surface area contributed by atoms with Gasteiger partial charge in [-0.3, -0.25) is 14.6 Å². The number of thiazole rings is 1. The van der Waals surface area contributed by atoms with E-state index in [4.69, 9.17) is 0 Å². The number of anilines is 1. The minimum absolute atomic E-state index is 0.0619. The highest BCUT2D eigenvalue weighted by atomic mass is 32.1. The summed E-state index contributed by atoms with van der Waals surface area (Å²) in [6.45, 7) is 6.95. The molecular weight excluding hydrogens is 327 g/mol. The maximum atomic E-state index is 12.9. The first-order chi connectivity index (χ1) is 11.6. The molecule has 1 aliphatic heterocycles. The van der Waals surface area contributed by atoms with Crippen molar-refractivity contribution < 1.29 is 9.18 Å². The molecule has 1 fully saturated rings. The molecule has 2 heterocycles. The van der Waals surface area contributed by atoms with Gasteiger partial charge < -0.3 is 5.32 Å². The Hall–Kier alpha value is -1.83. The fourth-order valence-electron chi connectivity index (χ4n) is 2.74. The van der Waals surface area contributed by atoms with Crippen LogP contribution >= 0.6 is 11.3 Å². The minimum Gasteiger partial charge on any atom is -0.325 e. The largest absolute Gasteiger partial charge is 0.325 e. The molecule has 1 aliphatic rings. The summed E-state index contributed by atoms with van der Waals surface area (Å²) in [5, 5.41) is 3.90. The molecule has 0 radical (unpaired) electrons. The van der Waals surface area contributed by atoms with E-state index in [0.717, 1.165) is 37.7 Å². The molecule has 1 aromatic carbocycles. The smallest absolute Gasteiger partial charge is 0.238 e. The first kappa shape index (κ1) is 17.0. The second-order valence-electron chi connectivity index (χ2n) is 5.95. The van der Waals surface area contributed by atoms with Crippen LogP contribution in [0.5, 0.6) is 0 Å². The van der Waals surface area contributed by atoms with E-state index in [9.17, 15) is 9.18 Å². The van der Waals surface area contributed by atoms with Crippen LogP contribution in [0.25, 0.3) is 0 Å². The molecule has 1 amide bonds. The van der Waals surface area contributed by atoms with Crippen molar-refractivity contribution in [3.63, 3.8) is 0 Å². The van der Waals surface area contributed by atoms with E-state index >= 15 is 0 Å². The van der Waals surface area contributed by atoms with Crippen molar-refractivity contribution in [3.05, 3.63) is 46.2 Å². The number of piperazine rings is 1. The second kappa shape index (κ2) is 7.83. The summed E-state index contributed by atoms with van der Waals surface area (Å²) >= 11 is 1.74. The summed E-state index contributed by atoms with van der Waals surface area (Å²) < 4.78 is 12.9. The molecule has 24 heavy (non-hydrogen) atoms. The summed E-state index contributed by atoms with van der Waals surface area (Å²) in [4.78, 5) is 22.2. The van der Waals surface area contributed by atoms with Crippen LogP contribution in [-0.4, -0.2) is 53.4 Å². The Bertz CT molecular complexity index is 680. The lowest BCUT2D eigenvalue weighted by Crippen LogP contribution is -2.48. The molecule has 0 atom stereocenters. The molecule has 5 nitrogen and oxygen atoms in total. The van der Waals surface area contributed by atoms with Crippen LogP contribution in [0.4, 0.5) is 10.1 Å². The van der Waals surface area contributed by atoms with Gasteiger partial charge in [-0.2, -0.15) is 0 Å². The van der Waals surface area contributed by atoms with Gasteiger partial charge in [0.2, 0.25) is 5.91 Å². The van der Waals surface area contributed by atoms with Crippen molar-refractivity contribution >= 4 is 22.9 Å². The Kier molecular flexibility index (Phi) is 5.55. The maximum Gasteiger partial charge on any atom is 0.238 e. The molecule has 0 bridgehead atoms. The molecule has 7 heteroatoms. The van der Waals surface area contributed by atoms with Crippen LogP contribution in [-0.2, 0) is 11.3 Å². The maximum absolute atomic E-state index is 12.9. The second-order valence-corrected chi connectivity index (χ2v) is 7.27. The fraction of sp³-hybridized carbons (Fsp3) is 0.412. The topological polar surface area (TPSA) is 48.5 Å². The van der Waals surface area contributed by atoms with Gasteiger partial charge in [0.1, 0.15) is 5.82 Å². The van der Waals surface area contributed by atoms with Gasteiger partial charge in [-0.1, -0.05) is 0 Å². The van der Waals surface area contributed by atoms with E-state index in [-0.39, 0.29) is 11.7 Å². The predicted octanol–water partition coefficient (Wildman–Crippen LogP) is 2.35. The number of amides is 1. The summed E-state index contributed by atoms with van der Waals surface area (Å²) in [5.74, 6) is -0.367. The van der Waals surface area contributed by atoms with Crippen molar-refractivity contribution in [2.45, 2.75) is 13.5 Å². The fourth-order valence-corrected chi connectivity index (χ4v) is 3.58. The number of hydrogen-bond donors (Lipinski definition) is 1. The van der Waals surface area contributed by atoms with Gasteiger partial charge in [-0.05, 0) is 31.2 Å². The summed E-state index contributed by atoms with van der Waals surface area (Å²) in [5.41, 5.74) is 0.626. The average Bonchev–Trinajstić information content (AvgIpc) is 2.96. The van der Waals surface area contributed by atoms with Crippen LogP contribution in [0.1, 0.15) is 9.88 Å². The number of benzene rings is 1. The number of nitrogens with one attached hydrogen (secondary N) is 1. The molecule has 0 spiro atoms. The van der Waals surface area contributed by atoms with Crippen LogP contribution in [0.15, 0.2) is 30.5 Å². The lowest BCUT2D eigenvalue weighted by Gasteiger charge is -2.33. The standard InChI is InChI=1S/C17H21FN4OS/c1-13-19-10-16(24-13)11-21-6-8-22(9-7-21)12-17(23)20-15-4-2-14(18)3-5-15/h2-5,10H,6-9,11-12H2,1H3,(H,20,23). The number of nitrogens with zero attached hydrogens (tertiary/aromatic N) is 3. The van der Waals surface area contributed by atoms with E-state index in [1.165, 1.54) is 17.0 Å². The number of aryl methyl sites for hydroxylation is 1. The Balaban J connectivity index is 1.41. The van der Waals surface area contributed by atoms with Crippen LogP contribution in [0.3, 0.4) is 0 Å². The Morgan fingerprint density at radius 3 is 2.50 bits per heavy atom. The zero-order chi connectivity index (χ0) is 16.9. The highest BCUT2D eigenvalue weighted by Crippen LogP contribution is 2.15. The molecule has 128 valence electrons. The van der Waals surface area contributed by atoms with E-state index in [2.05, 4.69) is 20.1 Å². The zero-order valence-corrected chi connectivity index (χ0v) is 14.5. The zero-order valence-electron chi connectivity index (χ0n) is 13.7. The van der Waals surface area contributed by atoms with E-state index < -0.39 is 0 Å². The molecule has 1 N–H and O–H groups in total. The average molecular weight is 348 g/mol. The molecule has 1 saturated heterocycles. The Morgan fingerprint density at radius 1 is 1.21 bits per heavy atom. The Morgan fingerprint density at radius 2 is 1.88 bits per heavy atom. The third kappa shape index (κ3) is 4.83. The van der Waals surface area contributed by atoms with Crippen molar-refractivity contribution in [1.82, 2.24) is 14.8 Å². The highest BCUT2D eigenvalue weighted by molar-refractivity contribution is 7.11. The first-order valence-electron chi connectivity index (χ1n) is 8.00. The Labute approximate surface area is 145 Å². The number of rotatable bonds is 5. The monoisotopic (exact) mass is 348 g/mol. The number of carbonyl (C=O) groups is 1. The number of hydrogen-bond acceptors (Lipinski definition) is 5. The normalized spacial score (nSPS) is 16.2.